The zero-order chi connectivity index (χ0) is 13.0. The van der Waals surface area contributed by atoms with Crippen molar-refractivity contribution in [2.45, 2.75) is 0 Å². The number of methoxy groups -OCH3 is 1. The first-order chi connectivity index (χ1) is 8.70. The zero-order valence-electron chi connectivity index (χ0n) is 9.93. The highest BCUT2D eigenvalue weighted by Crippen LogP contribution is 2.29. The first kappa shape index (κ1) is 12.6. The second kappa shape index (κ2) is 5.69. The average Bonchev–Trinajstić information content (AvgIpc) is 2.42. The van der Waals surface area contributed by atoms with E-state index in [1.807, 2.05) is 48.5 Å². The van der Waals surface area contributed by atoms with E-state index in [2.05, 4.69) is 20.9 Å². The fourth-order valence-corrected chi connectivity index (χ4v) is 1.84. The highest BCUT2D eigenvalue weighted by Gasteiger charge is 2.03. The molecule has 0 aliphatic heterocycles. The fourth-order valence-electron chi connectivity index (χ4n) is 1.51. The van der Waals surface area contributed by atoms with Crippen LogP contribution in [0.15, 0.2) is 58.0 Å². The maximum atomic E-state index is 5.98. The van der Waals surface area contributed by atoms with E-state index in [9.17, 15) is 0 Å². The van der Waals surface area contributed by atoms with E-state index in [-0.39, 0.29) is 0 Å². The third-order valence-corrected chi connectivity index (χ3v) is 3.13. The van der Waals surface area contributed by atoms with Crippen LogP contribution in [-0.2, 0) is 0 Å². The molecule has 2 rings (SSSR count). The SMILES string of the molecule is COc1ccc(Br)c(N=C(N)c2ccccc2)c1. The lowest BCUT2D eigenvalue weighted by Crippen LogP contribution is -2.12. The van der Waals surface area contributed by atoms with Crippen LogP contribution in [0.25, 0.3) is 0 Å². The van der Waals surface area contributed by atoms with Crippen molar-refractivity contribution >= 4 is 27.5 Å². The highest BCUT2D eigenvalue weighted by atomic mass is 79.9. The number of hydrogen-bond donors (Lipinski definition) is 1. The van der Waals surface area contributed by atoms with Gasteiger partial charge in [0.25, 0.3) is 0 Å². The van der Waals surface area contributed by atoms with E-state index in [0.717, 1.165) is 21.5 Å². The maximum Gasteiger partial charge on any atom is 0.131 e. The molecule has 0 saturated heterocycles. The predicted molar refractivity (Wildman–Crippen MR) is 77.5 cm³/mol. The van der Waals surface area contributed by atoms with Crippen LogP contribution in [0.2, 0.25) is 0 Å². The van der Waals surface area contributed by atoms with Crippen LogP contribution in [0.4, 0.5) is 5.69 Å². The fraction of sp³-hybridized carbons (Fsp3) is 0.0714. The number of amidine groups is 1. The maximum absolute atomic E-state index is 5.98. The van der Waals surface area contributed by atoms with Gasteiger partial charge in [0.2, 0.25) is 0 Å². The van der Waals surface area contributed by atoms with Crippen molar-refractivity contribution in [2.24, 2.45) is 10.7 Å². The Hall–Kier alpha value is -1.81. The van der Waals surface area contributed by atoms with E-state index >= 15 is 0 Å². The van der Waals surface area contributed by atoms with Crippen molar-refractivity contribution in [3.8, 4) is 5.75 Å². The molecule has 0 unspecified atom stereocenters. The molecule has 2 N–H and O–H groups in total. The second-order valence-electron chi connectivity index (χ2n) is 3.68. The number of hydrogen-bond acceptors (Lipinski definition) is 2. The molecule has 92 valence electrons. The Kier molecular flexibility index (Phi) is 3.99. The minimum absolute atomic E-state index is 0.476. The first-order valence-electron chi connectivity index (χ1n) is 5.44. The van der Waals surface area contributed by atoms with Crippen LogP contribution in [0.5, 0.6) is 5.75 Å². The molecule has 0 fully saturated rings. The van der Waals surface area contributed by atoms with Gasteiger partial charge in [-0.1, -0.05) is 30.3 Å². The van der Waals surface area contributed by atoms with E-state index in [1.54, 1.807) is 7.11 Å². The molecule has 0 heterocycles. The molecule has 0 aliphatic rings. The quantitative estimate of drug-likeness (QED) is 0.697. The Bertz CT molecular complexity index is 567. The van der Waals surface area contributed by atoms with Crippen molar-refractivity contribution in [2.75, 3.05) is 7.11 Å². The van der Waals surface area contributed by atoms with Crippen molar-refractivity contribution in [3.63, 3.8) is 0 Å². The minimum atomic E-state index is 0.476. The topological polar surface area (TPSA) is 47.6 Å². The Balaban J connectivity index is 2.38. The lowest BCUT2D eigenvalue weighted by molar-refractivity contribution is 0.415. The van der Waals surface area contributed by atoms with Crippen molar-refractivity contribution in [1.82, 2.24) is 0 Å². The second-order valence-corrected chi connectivity index (χ2v) is 4.53. The number of nitrogens with zero attached hydrogens (tertiary/aromatic N) is 1. The molecule has 18 heavy (non-hydrogen) atoms. The van der Waals surface area contributed by atoms with Crippen LogP contribution in [-0.4, -0.2) is 12.9 Å². The van der Waals surface area contributed by atoms with E-state index < -0.39 is 0 Å². The third-order valence-electron chi connectivity index (χ3n) is 2.46. The van der Waals surface area contributed by atoms with Gasteiger partial charge in [0.1, 0.15) is 11.6 Å². The minimum Gasteiger partial charge on any atom is -0.497 e. The normalized spacial score (nSPS) is 11.3. The molecule has 2 aromatic rings. The molecular weight excluding hydrogens is 292 g/mol. The predicted octanol–water partition coefficient (Wildman–Crippen LogP) is 3.49. The number of rotatable bonds is 3. The Morgan fingerprint density at radius 3 is 2.56 bits per heavy atom. The monoisotopic (exact) mass is 304 g/mol. The van der Waals surface area contributed by atoms with E-state index in [4.69, 9.17) is 10.5 Å². The van der Waals surface area contributed by atoms with Gasteiger partial charge in [-0.05, 0) is 28.1 Å². The molecule has 0 saturated carbocycles. The Morgan fingerprint density at radius 2 is 1.89 bits per heavy atom. The lowest BCUT2D eigenvalue weighted by Gasteiger charge is -2.05. The van der Waals surface area contributed by atoms with Crippen LogP contribution >= 0.6 is 15.9 Å². The number of nitrogens with two attached hydrogens (primary N) is 1. The van der Waals surface area contributed by atoms with Crippen molar-refractivity contribution in [3.05, 3.63) is 58.6 Å². The highest BCUT2D eigenvalue weighted by molar-refractivity contribution is 9.10. The molecule has 0 amide bonds. The summed E-state index contributed by atoms with van der Waals surface area (Å²) in [5.41, 5.74) is 7.62. The lowest BCUT2D eigenvalue weighted by atomic mass is 10.2. The molecular formula is C14H13BrN2O. The summed E-state index contributed by atoms with van der Waals surface area (Å²) in [6, 6.07) is 15.2. The number of halogens is 1. The summed E-state index contributed by atoms with van der Waals surface area (Å²) in [6.07, 6.45) is 0. The average molecular weight is 305 g/mol. The zero-order valence-corrected chi connectivity index (χ0v) is 11.5. The van der Waals surface area contributed by atoms with Gasteiger partial charge in [0, 0.05) is 16.1 Å². The van der Waals surface area contributed by atoms with Gasteiger partial charge in [0.15, 0.2) is 0 Å². The summed E-state index contributed by atoms with van der Waals surface area (Å²) in [4.78, 5) is 4.40. The Labute approximate surface area is 114 Å². The Morgan fingerprint density at radius 1 is 1.17 bits per heavy atom. The van der Waals surface area contributed by atoms with Crippen LogP contribution < -0.4 is 10.5 Å². The van der Waals surface area contributed by atoms with E-state index in [1.165, 1.54) is 0 Å². The van der Waals surface area contributed by atoms with Gasteiger partial charge in [-0.25, -0.2) is 4.99 Å². The molecule has 0 spiro atoms. The smallest absolute Gasteiger partial charge is 0.131 e. The van der Waals surface area contributed by atoms with Gasteiger partial charge in [-0.2, -0.15) is 0 Å². The number of benzene rings is 2. The van der Waals surface area contributed by atoms with Crippen molar-refractivity contribution < 1.29 is 4.74 Å². The van der Waals surface area contributed by atoms with Gasteiger partial charge >= 0.3 is 0 Å². The van der Waals surface area contributed by atoms with E-state index in [0.29, 0.717) is 5.84 Å². The van der Waals surface area contributed by atoms with Crippen LogP contribution in [0.1, 0.15) is 5.56 Å². The standard InChI is InChI=1S/C14H13BrN2O/c1-18-11-7-8-12(15)13(9-11)17-14(16)10-5-3-2-4-6-10/h2-9H,1H3,(H2,16,17). The molecule has 3 nitrogen and oxygen atoms in total. The van der Waals surface area contributed by atoms with Crippen LogP contribution in [0.3, 0.4) is 0 Å². The summed E-state index contributed by atoms with van der Waals surface area (Å²) in [5.74, 6) is 1.22. The summed E-state index contributed by atoms with van der Waals surface area (Å²) in [5, 5.41) is 0. The number of aliphatic imine (C=N–C) groups is 1. The van der Waals surface area contributed by atoms with Crippen LogP contribution in [0, 0.1) is 0 Å². The van der Waals surface area contributed by atoms with Gasteiger partial charge in [-0.3, -0.25) is 0 Å². The summed E-state index contributed by atoms with van der Waals surface area (Å²) < 4.78 is 6.04. The third kappa shape index (κ3) is 2.90. The molecule has 4 heteroatoms. The molecule has 2 aromatic carbocycles. The summed E-state index contributed by atoms with van der Waals surface area (Å²) >= 11 is 3.44. The first-order valence-corrected chi connectivity index (χ1v) is 6.23. The summed E-state index contributed by atoms with van der Waals surface area (Å²) in [6.45, 7) is 0. The molecule has 0 aromatic heterocycles. The van der Waals surface area contributed by atoms with Gasteiger partial charge < -0.3 is 10.5 Å². The van der Waals surface area contributed by atoms with Gasteiger partial charge in [0.05, 0.1) is 12.8 Å². The molecule has 0 radical (unpaired) electrons. The summed E-state index contributed by atoms with van der Waals surface area (Å²) in [7, 11) is 1.62. The van der Waals surface area contributed by atoms with Gasteiger partial charge in [-0.15, -0.1) is 0 Å². The number of ether oxygens (including phenoxy) is 1. The molecule has 0 bridgehead atoms. The molecule has 0 aliphatic carbocycles. The van der Waals surface area contributed by atoms with Crippen molar-refractivity contribution in [1.29, 1.82) is 0 Å². The largest absolute Gasteiger partial charge is 0.497 e. The molecule has 0 atom stereocenters.